The second-order valence-electron chi connectivity index (χ2n) is 15.5. The average molecular weight is 914 g/mol. The molecule has 0 saturated heterocycles. The zero-order valence-corrected chi connectivity index (χ0v) is 37.7. The van der Waals surface area contributed by atoms with Gasteiger partial charge < -0.3 is 5.11 Å². The molecule has 7 heteroatoms. The number of carbonyl (C=O) groups excluding carboxylic acids is 1. The number of hydrogen-bond donors (Lipinski definition) is 1. The zero-order valence-electron chi connectivity index (χ0n) is 33.5. The Hall–Kier alpha value is -2.70. The monoisotopic (exact) mass is 914 g/mol. The van der Waals surface area contributed by atoms with Crippen molar-refractivity contribution >= 4 is 61.5 Å². The Bertz CT molecular complexity index is 1970. The Kier molecular flexibility index (Phi) is 16.0. The van der Waals surface area contributed by atoms with Crippen molar-refractivity contribution in [3.05, 3.63) is 77.8 Å². The molecular weight excluding hydrogens is 853 g/mol. The molecule has 0 aliphatic rings. The van der Waals surface area contributed by atoms with Crippen molar-refractivity contribution in [2.24, 2.45) is 17.3 Å². The second-order valence-corrected chi connectivity index (χ2v) is 21.8. The summed E-state index contributed by atoms with van der Waals surface area (Å²) in [6, 6.07) is 23.5. The van der Waals surface area contributed by atoms with E-state index in [1.807, 2.05) is 39.0 Å². The van der Waals surface area contributed by atoms with Crippen LogP contribution in [0.1, 0.15) is 106 Å². The molecule has 0 aliphatic carbocycles. The molecular formula is C45H61IrN2O2SSi-. The van der Waals surface area contributed by atoms with Crippen LogP contribution in [0.2, 0.25) is 18.1 Å². The summed E-state index contributed by atoms with van der Waals surface area (Å²) < 4.78 is 2.48. The summed E-state index contributed by atoms with van der Waals surface area (Å²) >= 11 is 1.83. The van der Waals surface area contributed by atoms with Gasteiger partial charge in [0.05, 0.1) is 19.3 Å². The third-order valence-corrected chi connectivity index (χ3v) is 17.9. The maximum Gasteiger partial charge on any atom is 0.162 e. The standard InChI is InChI=1S/C32H37N2SSi.C13H24O2.Ir/c1-8-36(9-2,10-3)28-18-23(16-22-13-11-12-14-25(22)28)29-31-30(34-20-33-29)26-15-21(4)24(17-27(26)35-31)19-32(5,6)7;1-5-10(6-2)12(14)9-13(15)11(7-3)8-4;/h11-15,17-18,20H,8-10,19H2,1-7H3;9-11,14H,5-8H2,1-4H3;/q-1;;/b;12-9-;. The molecule has 0 fully saturated rings. The number of hydrogen-bond acceptors (Lipinski definition) is 5. The minimum atomic E-state index is -1.62. The van der Waals surface area contributed by atoms with E-state index in [2.05, 4.69) is 97.0 Å². The van der Waals surface area contributed by atoms with Crippen LogP contribution in [0.15, 0.2) is 60.6 Å². The minimum absolute atomic E-state index is 0. The van der Waals surface area contributed by atoms with Crippen LogP contribution in [0.5, 0.6) is 0 Å². The number of aliphatic hydroxyl groups excluding tert-OH is 1. The molecule has 0 unspecified atom stereocenters. The third kappa shape index (κ3) is 9.69. The molecule has 0 amide bonds. The van der Waals surface area contributed by atoms with E-state index in [1.54, 1.807) is 11.5 Å². The minimum Gasteiger partial charge on any atom is -0.512 e. The van der Waals surface area contributed by atoms with Gasteiger partial charge in [0.15, 0.2) is 5.78 Å². The molecule has 0 bridgehead atoms. The number of benzene rings is 3. The number of aryl methyl sites for hydroxylation is 1. The van der Waals surface area contributed by atoms with Gasteiger partial charge in [0.25, 0.3) is 0 Å². The van der Waals surface area contributed by atoms with Crippen LogP contribution in [0, 0.1) is 30.2 Å². The van der Waals surface area contributed by atoms with Crippen molar-refractivity contribution in [1.29, 1.82) is 0 Å². The molecule has 0 spiro atoms. The van der Waals surface area contributed by atoms with Crippen LogP contribution in [0.3, 0.4) is 0 Å². The van der Waals surface area contributed by atoms with Crippen molar-refractivity contribution in [2.75, 3.05) is 0 Å². The number of ketones is 1. The second kappa shape index (κ2) is 19.1. The van der Waals surface area contributed by atoms with Crippen LogP contribution in [-0.2, 0) is 31.3 Å². The van der Waals surface area contributed by atoms with Gasteiger partial charge in [-0.05, 0) is 67.7 Å². The number of nitrogens with zero attached hydrogens (tertiary/aromatic N) is 2. The fourth-order valence-corrected chi connectivity index (χ4v) is 12.7. The maximum atomic E-state index is 11.7. The van der Waals surface area contributed by atoms with Crippen molar-refractivity contribution in [3.8, 4) is 11.3 Å². The van der Waals surface area contributed by atoms with E-state index in [1.165, 1.54) is 60.9 Å². The van der Waals surface area contributed by atoms with Crippen LogP contribution >= 0.6 is 11.3 Å². The molecule has 2 heterocycles. The van der Waals surface area contributed by atoms with Gasteiger partial charge in [-0.15, -0.1) is 40.1 Å². The Labute approximate surface area is 332 Å². The van der Waals surface area contributed by atoms with E-state index in [9.17, 15) is 9.90 Å². The number of carbonyl (C=O) groups is 1. The SMILES string of the molecule is CCC(CC)C(=O)/C=C(\O)C(CC)CC.CC[Si](CC)(CC)c1cc(-c2ncnc3c2sc2cc(CC(C)(C)C)c(C)cc23)[c-]c2ccccc12.[Ir]. The molecule has 5 rings (SSSR count). The average Bonchev–Trinajstić information content (AvgIpc) is 3.47. The summed E-state index contributed by atoms with van der Waals surface area (Å²) in [5.74, 6) is 0.547. The first kappa shape index (κ1) is 43.7. The quantitative estimate of drug-likeness (QED) is 0.0553. The van der Waals surface area contributed by atoms with Gasteiger partial charge in [0, 0.05) is 58.5 Å². The van der Waals surface area contributed by atoms with Gasteiger partial charge in [-0.3, -0.25) is 9.78 Å². The van der Waals surface area contributed by atoms with Gasteiger partial charge in [0.2, 0.25) is 0 Å². The van der Waals surface area contributed by atoms with Crippen LogP contribution < -0.4 is 5.19 Å². The van der Waals surface area contributed by atoms with Crippen LogP contribution in [-0.4, -0.2) is 28.9 Å². The summed E-state index contributed by atoms with van der Waals surface area (Å²) in [7, 11) is -1.62. The molecule has 1 radical (unpaired) electrons. The number of thiophene rings is 1. The maximum absolute atomic E-state index is 11.7. The number of allylic oxidation sites excluding steroid dienone is 2. The van der Waals surface area contributed by atoms with E-state index in [0.717, 1.165) is 48.9 Å². The Morgan fingerprint density at radius 3 is 2.08 bits per heavy atom. The Balaban J connectivity index is 0.000000389. The van der Waals surface area contributed by atoms with E-state index in [0.29, 0.717) is 0 Å². The fourth-order valence-electron chi connectivity index (χ4n) is 7.62. The predicted molar refractivity (Wildman–Crippen MR) is 225 cm³/mol. The van der Waals surface area contributed by atoms with E-state index in [4.69, 9.17) is 9.97 Å². The van der Waals surface area contributed by atoms with Gasteiger partial charge >= 0.3 is 0 Å². The number of aliphatic hydroxyl groups is 1. The van der Waals surface area contributed by atoms with E-state index < -0.39 is 8.07 Å². The van der Waals surface area contributed by atoms with Crippen molar-refractivity contribution in [1.82, 2.24) is 9.97 Å². The summed E-state index contributed by atoms with van der Waals surface area (Å²) in [6.07, 6.45) is 7.72. The molecule has 1 N–H and O–H groups in total. The number of aromatic nitrogens is 2. The summed E-state index contributed by atoms with van der Waals surface area (Å²) in [5, 5.41) is 15.1. The summed E-state index contributed by atoms with van der Waals surface area (Å²) in [4.78, 5) is 21.4. The first-order chi connectivity index (χ1) is 24.3. The molecule has 5 aromatic rings. The van der Waals surface area contributed by atoms with Gasteiger partial charge in [0.1, 0.15) is 6.33 Å². The molecule has 3 aromatic carbocycles. The summed E-state index contributed by atoms with van der Waals surface area (Å²) in [6.45, 7) is 24.4. The number of rotatable bonds is 13. The molecule has 2 aromatic heterocycles. The van der Waals surface area contributed by atoms with Crippen molar-refractivity contribution in [2.45, 2.75) is 126 Å². The zero-order chi connectivity index (χ0) is 37.5. The molecule has 0 aliphatic heterocycles. The normalized spacial score (nSPS) is 12.4. The summed E-state index contributed by atoms with van der Waals surface area (Å²) in [5.41, 5.74) is 6.24. The smallest absolute Gasteiger partial charge is 0.162 e. The first-order valence-corrected chi connectivity index (χ1v) is 22.8. The third-order valence-electron chi connectivity index (χ3n) is 11.1. The first-order valence-electron chi connectivity index (χ1n) is 19.4. The molecule has 0 saturated carbocycles. The predicted octanol–water partition coefficient (Wildman–Crippen LogP) is 12.9. The fraction of sp³-hybridized carbons (Fsp3) is 0.489. The van der Waals surface area contributed by atoms with Crippen molar-refractivity contribution in [3.63, 3.8) is 0 Å². The van der Waals surface area contributed by atoms with Gasteiger partial charge in [-0.1, -0.05) is 117 Å². The van der Waals surface area contributed by atoms with Crippen LogP contribution in [0.4, 0.5) is 0 Å². The Morgan fingerprint density at radius 1 is 0.885 bits per heavy atom. The molecule has 0 atom stereocenters. The van der Waals surface area contributed by atoms with E-state index in [-0.39, 0.29) is 48.9 Å². The molecule has 52 heavy (non-hydrogen) atoms. The van der Waals surface area contributed by atoms with Crippen LogP contribution in [0.25, 0.3) is 42.3 Å². The topological polar surface area (TPSA) is 63.1 Å². The largest absolute Gasteiger partial charge is 0.512 e. The van der Waals surface area contributed by atoms with Crippen molar-refractivity contribution < 1.29 is 30.0 Å². The Morgan fingerprint density at radius 2 is 1.50 bits per heavy atom. The molecule has 283 valence electrons. The van der Waals surface area contributed by atoms with Gasteiger partial charge in [-0.25, -0.2) is 4.98 Å². The van der Waals surface area contributed by atoms with E-state index >= 15 is 0 Å². The molecule has 4 nitrogen and oxygen atoms in total. The number of fused-ring (bicyclic) bond motifs is 4. The van der Waals surface area contributed by atoms with Gasteiger partial charge in [-0.2, -0.15) is 0 Å².